The SMILES string of the molecule is CCOC(=O)C1=C(CN2CCN(C(=O)c3ccc(F)cc3)[C@@H](C)C2)N(C)C(=O)N[C@H]1c1ccc(C(F)(F)F)cc1. The van der Waals surface area contributed by atoms with Crippen molar-refractivity contribution in [2.75, 3.05) is 39.8 Å². The number of rotatable bonds is 6. The fraction of sp³-hybridized carbons (Fsp3) is 0.393. The molecule has 0 saturated carbocycles. The van der Waals surface area contributed by atoms with Gasteiger partial charge in [-0.05, 0) is 55.8 Å². The Kier molecular flexibility index (Phi) is 8.48. The lowest BCUT2D eigenvalue weighted by molar-refractivity contribution is -0.139. The second kappa shape index (κ2) is 11.7. The molecule has 3 amide bonds. The number of esters is 1. The van der Waals surface area contributed by atoms with Crippen LogP contribution in [0.2, 0.25) is 0 Å². The summed E-state index contributed by atoms with van der Waals surface area (Å²) in [5, 5.41) is 2.70. The number of alkyl halides is 3. The highest BCUT2D eigenvalue weighted by molar-refractivity contribution is 5.95. The van der Waals surface area contributed by atoms with E-state index in [1.807, 2.05) is 11.8 Å². The molecule has 2 aromatic carbocycles. The summed E-state index contributed by atoms with van der Waals surface area (Å²) in [6.45, 7) is 4.94. The van der Waals surface area contributed by atoms with Crippen LogP contribution in [0.4, 0.5) is 22.4 Å². The Bertz CT molecular complexity index is 1290. The number of amides is 3. The van der Waals surface area contributed by atoms with Gasteiger partial charge in [0.05, 0.1) is 23.8 Å². The highest BCUT2D eigenvalue weighted by atomic mass is 19.4. The summed E-state index contributed by atoms with van der Waals surface area (Å²) in [6.07, 6.45) is -4.53. The van der Waals surface area contributed by atoms with Crippen molar-refractivity contribution in [2.45, 2.75) is 32.1 Å². The lowest BCUT2D eigenvalue weighted by Gasteiger charge is -2.42. The summed E-state index contributed by atoms with van der Waals surface area (Å²) < 4.78 is 57.9. The van der Waals surface area contributed by atoms with Crippen molar-refractivity contribution >= 4 is 17.9 Å². The van der Waals surface area contributed by atoms with Crippen molar-refractivity contribution in [1.82, 2.24) is 20.0 Å². The van der Waals surface area contributed by atoms with Crippen molar-refractivity contribution in [3.05, 3.63) is 82.3 Å². The number of piperazine rings is 1. The fourth-order valence-corrected chi connectivity index (χ4v) is 4.96. The number of halogens is 4. The van der Waals surface area contributed by atoms with Gasteiger partial charge in [-0.1, -0.05) is 12.1 Å². The van der Waals surface area contributed by atoms with Gasteiger partial charge in [0.25, 0.3) is 5.91 Å². The first-order valence-electron chi connectivity index (χ1n) is 12.8. The molecule has 0 aliphatic carbocycles. The van der Waals surface area contributed by atoms with Crippen LogP contribution in [0.25, 0.3) is 0 Å². The van der Waals surface area contributed by atoms with Gasteiger partial charge >= 0.3 is 18.2 Å². The van der Waals surface area contributed by atoms with E-state index in [0.29, 0.717) is 36.5 Å². The van der Waals surface area contributed by atoms with Gasteiger partial charge in [-0.3, -0.25) is 14.6 Å². The van der Waals surface area contributed by atoms with Gasteiger partial charge in [0.2, 0.25) is 0 Å². The smallest absolute Gasteiger partial charge is 0.416 e. The topological polar surface area (TPSA) is 82.2 Å². The molecule has 0 aromatic heterocycles. The molecular weight excluding hydrogens is 532 g/mol. The van der Waals surface area contributed by atoms with Crippen molar-refractivity contribution in [2.24, 2.45) is 0 Å². The van der Waals surface area contributed by atoms with Crippen molar-refractivity contribution in [3.8, 4) is 0 Å². The maximum Gasteiger partial charge on any atom is 0.416 e. The first kappa shape index (κ1) is 29.1. The van der Waals surface area contributed by atoms with Gasteiger partial charge in [0.1, 0.15) is 5.82 Å². The normalized spacial score (nSPS) is 20.4. The second-order valence-corrected chi connectivity index (χ2v) is 9.73. The Balaban J connectivity index is 1.60. The molecule has 2 aromatic rings. The zero-order valence-electron chi connectivity index (χ0n) is 22.3. The molecule has 8 nitrogen and oxygen atoms in total. The summed E-state index contributed by atoms with van der Waals surface area (Å²) in [7, 11) is 1.50. The number of carbonyl (C=O) groups excluding carboxylic acids is 3. The number of nitrogens with zero attached hydrogens (tertiary/aromatic N) is 3. The Labute approximate surface area is 229 Å². The van der Waals surface area contributed by atoms with E-state index in [2.05, 4.69) is 5.32 Å². The largest absolute Gasteiger partial charge is 0.463 e. The molecule has 2 atom stereocenters. The number of benzene rings is 2. The number of ether oxygens (including phenoxy) is 1. The van der Waals surface area contributed by atoms with Gasteiger partial charge in [-0.25, -0.2) is 14.0 Å². The third-order valence-corrected chi connectivity index (χ3v) is 7.08. The average Bonchev–Trinajstić information content (AvgIpc) is 2.91. The van der Waals surface area contributed by atoms with Gasteiger partial charge in [0.15, 0.2) is 0 Å². The Morgan fingerprint density at radius 3 is 2.27 bits per heavy atom. The number of nitrogens with one attached hydrogen (secondary N) is 1. The van der Waals surface area contributed by atoms with Crippen LogP contribution in [-0.4, -0.2) is 78.5 Å². The van der Waals surface area contributed by atoms with E-state index < -0.39 is 35.6 Å². The lowest BCUT2D eigenvalue weighted by Crippen LogP contribution is -2.56. The Morgan fingerprint density at radius 2 is 1.70 bits per heavy atom. The first-order valence-corrected chi connectivity index (χ1v) is 12.8. The van der Waals surface area contributed by atoms with E-state index in [9.17, 15) is 31.9 Å². The van der Waals surface area contributed by atoms with Crippen LogP contribution in [-0.2, 0) is 15.7 Å². The zero-order chi connectivity index (χ0) is 29.2. The molecule has 4 rings (SSSR count). The molecule has 0 spiro atoms. The van der Waals surface area contributed by atoms with Crippen LogP contribution in [0, 0.1) is 5.82 Å². The lowest BCUT2D eigenvalue weighted by atomic mass is 9.93. The van der Waals surface area contributed by atoms with Crippen molar-refractivity contribution in [3.63, 3.8) is 0 Å². The molecule has 12 heteroatoms. The fourth-order valence-electron chi connectivity index (χ4n) is 4.96. The summed E-state index contributed by atoms with van der Waals surface area (Å²) in [5.41, 5.74) is 0.313. The molecule has 40 heavy (non-hydrogen) atoms. The second-order valence-electron chi connectivity index (χ2n) is 9.73. The van der Waals surface area contributed by atoms with Crippen LogP contribution in [0.5, 0.6) is 0 Å². The summed E-state index contributed by atoms with van der Waals surface area (Å²) in [5.74, 6) is -1.35. The molecule has 0 bridgehead atoms. The predicted molar refractivity (Wildman–Crippen MR) is 137 cm³/mol. The number of likely N-dealkylation sites (N-methyl/N-ethyl adjacent to an activating group) is 1. The predicted octanol–water partition coefficient (Wildman–Crippen LogP) is 4.20. The van der Waals surface area contributed by atoms with Crippen LogP contribution < -0.4 is 5.32 Å². The van der Waals surface area contributed by atoms with E-state index >= 15 is 0 Å². The van der Waals surface area contributed by atoms with Crippen LogP contribution in [0.1, 0.15) is 41.4 Å². The van der Waals surface area contributed by atoms with Gasteiger partial charge in [-0.15, -0.1) is 0 Å². The quantitative estimate of drug-likeness (QED) is 0.422. The standard InChI is InChI=1S/C28H30F4N4O4/c1-4-40-26(38)23-22(34(3)27(39)33-24(23)18-5-9-20(10-6-18)28(30,31)32)16-35-13-14-36(17(2)15-35)25(37)19-7-11-21(29)12-8-19/h5-12,17,24H,4,13-16H2,1-3H3,(H,33,39)/t17-,24-/m0/s1. The number of hydrogen-bond donors (Lipinski definition) is 1. The van der Waals surface area contributed by atoms with Gasteiger partial charge in [-0.2, -0.15) is 13.2 Å². The molecule has 0 radical (unpaired) electrons. The maximum absolute atomic E-state index is 13.3. The molecule has 1 fully saturated rings. The zero-order valence-corrected chi connectivity index (χ0v) is 22.3. The monoisotopic (exact) mass is 562 g/mol. The van der Waals surface area contributed by atoms with E-state index in [1.54, 1.807) is 11.8 Å². The summed E-state index contributed by atoms with van der Waals surface area (Å²) in [4.78, 5) is 44.1. The average molecular weight is 563 g/mol. The van der Waals surface area contributed by atoms with E-state index in [-0.39, 0.29) is 30.7 Å². The van der Waals surface area contributed by atoms with E-state index in [0.717, 1.165) is 12.1 Å². The number of carbonyl (C=O) groups is 3. The number of hydrogen-bond acceptors (Lipinski definition) is 5. The molecule has 2 heterocycles. The van der Waals surface area contributed by atoms with E-state index in [4.69, 9.17) is 4.74 Å². The van der Waals surface area contributed by atoms with Crippen molar-refractivity contribution < 1.29 is 36.7 Å². The van der Waals surface area contributed by atoms with Crippen LogP contribution >= 0.6 is 0 Å². The minimum absolute atomic E-state index is 0.0637. The molecule has 214 valence electrons. The third-order valence-electron chi connectivity index (χ3n) is 7.08. The summed E-state index contributed by atoms with van der Waals surface area (Å²) >= 11 is 0. The highest BCUT2D eigenvalue weighted by Crippen LogP contribution is 2.34. The molecule has 0 unspecified atom stereocenters. The van der Waals surface area contributed by atoms with Gasteiger partial charge < -0.3 is 15.0 Å². The Morgan fingerprint density at radius 1 is 1.05 bits per heavy atom. The highest BCUT2D eigenvalue weighted by Gasteiger charge is 2.39. The van der Waals surface area contributed by atoms with E-state index in [1.165, 1.54) is 48.3 Å². The minimum Gasteiger partial charge on any atom is -0.463 e. The van der Waals surface area contributed by atoms with Crippen LogP contribution in [0.3, 0.4) is 0 Å². The van der Waals surface area contributed by atoms with Crippen molar-refractivity contribution in [1.29, 1.82) is 0 Å². The minimum atomic E-state index is -4.53. The molecule has 1 saturated heterocycles. The molecule has 2 aliphatic heterocycles. The third kappa shape index (κ3) is 6.11. The molecule has 2 aliphatic rings. The molecule has 1 N–H and O–H groups in total. The van der Waals surface area contributed by atoms with Gasteiger partial charge in [0, 0.05) is 50.5 Å². The van der Waals surface area contributed by atoms with Crippen LogP contribution in [0.15, 0.2) is 59.8 Å². The molecular formula is C28H30F4N4O4. The number of urea groups is 1. The Hall–Kier alpha value is -3.93. The first-order chi connectivity index (χ1) is 18.9. The summed E-state index contributed by atoms with van der Waals surface area (Å²) in [6, 6.07) is 7.84. The maximum atomic E-state index is 13.3.